The molecule has 0 atom stereocenters. The molecule has 0 saturated carbocycles. The molecule has 0 amide bonds. The van der Waals surface area contributed by atoms with Gasteiger partial charge in [-0.25, -0.2) is 0 Å². The van der Waals surface area contributed by atoms with Crippen molar-refractivity contribution in [2.24, 2.45) is 10.9 Å². The van der Waals surface area contributed by atoms with Crippen molar-refractivity contribution in [1.29, 1.82) is 0 Å². The van der Waals surface area contributed by atoms with Crippen molar-refractivity contribution in [3.05, 3.63) is 23.5 Å². The average molecular weight is 139 g/mol. The van der Waals surface area contributed by atoms with Crippen molar-refractivity contribution in [3.63, 3.8) is 0 Å². The van der Waals surface area contributed by atoms with Gasteiger partial charge in [-0.1, -0.05) is 5.16 Å². The van der Waals surface area contributed by atoms with Crippen LogP contribution in [-0.4, -0.2) is 16.0 Å². The van der Waals surface area contributed by atoms with Gasteiger partial charge in [0.1, 0.15) is 0 Å². The number of nitrogens with zero attached hydrogens (tertiary/aromatic N) is 1. The summed E-state index contributed by atoms with van der Waals surface area (Å²) in [6.45, 7) is 1.90. The Morgan fingerprint density at radius 2 is 2.40 bits per heavy atom. The molecule has 4 N–H and O–H groups in total. The Morgan fingerprint density at radius 1 is 1.70 bits per heavy atom. The van der Waals surface area contributed by atoms with E-state index in [0.29, 0.717) is 5.69 Å². The van der Waals surface area contributed by atoms with Gasteiger partial charge in [0.2, 0.25) is 0 Å². The Balaban J connectivity index is 2.95. The molecule has 0 aliphatic heterocycles. The Bertz CT molecular complexity index is 251. The van der Waals surface area contributed by atoms with Gasteiger partial charge in [-0.15, -0.1) is 0 Å². The summed E-state index contributed by atoms with van der Waals surface area (Å²) in [6.07, 6.45) is 0. The van der Waals surface area contributed by atoms with Crippen molar-refractivity contribution >= 4 is 5.84 Å². The van der Waals surface area contributed by atoms with Crippen LogP contribution in [0.3, 0.4) is 0 Å². The van der Waals surface area contributed by atoms with Crippen molar-refractivity contribution in [2.45, 2.75) is 6.92 Å². The molecule has 4 heteroatoms. The van der Waals surface area contributed by atoms with Gasteiger partial charge in [0.15, 0.2) is 5.84 Å². The van der Waals surface area contributed by atoms with Gasteiger partial charge in [-0.2, -0.15) is 0 Å². The maximum atomic E-state index is 8.24. The number of aromatic amines is 1. The molecule has 1 rings (SSSR count). The van der Waals surface area contributed by atoms with Crippen LogP contribution in [0, 0.1) is 6.92 Å². The van der Waals surface area contributed by atoms with Gasteiger partial charge < -0.3 is 15.9 Å². The Labute approximate surface area is 58.4 Å². The van der Waals surface area contributed by atoms with Crippen LogP contribution >= 0.6 is 0 Å². The molecule has 1 aromatic rings. The van der Waals surface area contributed by atoms with Gasteiger partial charge in [-0.3, -0.25) is 0 Å². The second kappa shape index (κ2) is 2.43. The molecule has 54 valence electrons. The molecular formula is C6H9N3O. The molecule has 0 bridgehead atoms. The summed E-state index contributed by atoms with van der Waals surface area (Å²) < 4.78 is 0. The van der Waals surface area contributed by atoms with E-state index in [1.807, 2.05) is 13.0 Å². The summed E-state index contributed by atoms with van der Waals surface area (Å²) in [6, 6.07) is 3.61. The van der Waals surface area contributed by atoms with Crippen LogP contribution in [0.15, 0.2) is 17.3 Å². The van der Waals surface area contributed by atoms with Crippen LogP contribution in [0.2, 0.25) is 0 Å². The number of H-pyrrole nitrogens is 1. The van der Waals surface area contributed by atoms with E-state index < -0.39 is 0 Å². The molecule has 0 aromatic carbocycles. The zero-order chi connectivity index (χ0) is 7.56. The van der Waals surface area contributed by atoms with E-state index in [9.17, 15) is 0 Å². The Morgan fingerprint density at radius 3 is 2.80 bits per heavy atom. The van der Waals surface area contributed by atoms with Gasteiger partial charge in [0.25, 0.3) is 0 Å². The number of nitrogens with one attached hydrogen (secondary N) is 1. The lowest BCUT2D eigenvalue weighted by molar-refractivity contribution is 0.318. The highest BCUT2D eigenvalue weighted by Crippen LogP contribution is 1.98. The fraction of sp³-hybridized carbons (Fsp3) is 0.167. The fourth-order valence-electron chi connectivity index (χ4n) is 0.707. The van der Waals surface area contributed by atoms with Gasteiger partial charge >= 0.3 is 0 Å². The molecule has 0 saturated heterocycles. The van der Waals surface area contributed by atoms with E-state index in [4.69, 9.17) is 10.9 Å². The van der Waals surface area contributed by atoms with Gasteiger partial charge in [0.05, 0.1) is 5.69 Å². The predicted octanol–water partition coefficient (Wildman–Crippen LogP) is 0.418. The van der Waals surface area contributed by atoms with Crippen LogP contribution in [0.4, 0.5) is 0 Å². The Hall–Kier alpha value is -1.45. The van der Waals surface area contributed by atoms with Crippen LogP contribution < -0.4 is 5.73 Å². The van der Waals surface area contributed by atoms with E-state index in [1.165, 1.54) is 0 Å². The molecule has 0 spiro atoms. The van der Waals surface area contributed by atoms with Crippen molar-refractivity contribution in [1.82, 2.24) is 4.98 Å². The van der Waals surface area contributed by atoms with Crippen LogP contribution in [0.1, 0.15) is 11.4 Å². The summed E-state index contributed by atoms with van der Waals surface area (Å²) in [5, 5.41) is 11.1. The van der Waals surface area contributed by atoms with E-state index in [-0.39, 0.29) is 5.84 Å². The topological polar surface area (TPSA) is 74.4 Å². The third-order valence-corrected chi connectivity index (χ3v) is 1.22. The average Bonchev–Trinajstić information content (AvgIpc) is 2.34. The number of rotatable bonds is 1. The molecule has 10 heavy (non-hydrogen) atoms. The monoisotopic (exact) mass is 139 g/mol. The third kappa shape index (κ3) is 1.10. The Kier molecular flexibility index (Phi) is 1.62. The molecule has 4 nitrogen and oxygen atoms in total. The van der Waals surface area contributed by atoms with Crippen LogP contribution in [-0.2, 0) is 0 Å². The highest BCUT2D eigenvalue weighted by molar-refractivity contribution is 5.95. The fourth-order valence-corrected chi connectivity index (χ4v) is 0.707. The van der Waals surface area contributed by atoms with Crippen molar-refractivity contribution < 1.29 is 5.21 Å². The first-order valence-electron chi connectivity index (χ1n) is 2.87. The first kappa shape index (κ1) is 6.67. The second-order valence-electron chi connectivity index (χ2n) is 2.04. The normalized spacial score (nSPS) is 11.9. The lowest BCUT2D eigenvalue weighted by Crippen LogP contribution is -2.13. The SMILES string of the molecule is Cc1ccc(/C(N)=N/O)[nH]1. The number of aryl methyl sites for hydroxylation is 1. The summed E-state index contributed by atoms with van der Waals surface area (Å²) in [7, 11) is 0. The standard InChI is InChI=1S/C6H9N3O/c1-4-2-3-5(8-4)6(7)9-10/h2-3,8,10H,1H3,(H2,7,9). The maximum Gasteiger partial charge on any atom is 0.186 e. The number of hydrogen-bond donors (Lipinski definition) is 3. The lowest BCUT2D eigenvalue weighted by atomic mass is 10.4. The summed E-state index contributed by atoms with van der Waals surface area (Å²) in [4.78, 5) is 2.91. The number of hydrogen-bond acceptors (Lipinski definition) is 2. The first-order valence-corrected chi connectivity index (χ1v) is 2.87. The molecule has 1 aromatic heterocycles. The maximum absolute atomic E-state index is 8.24. The highest BCUT2D eigenvalue weighted by Gasteiger charge is 1.98. The minimum absolute atomic E-state index is 0.105. The molecule has 0 aliphatic rings. The van der Waals surface area contributed by atoms with Crippen molar-refractivity contribution in [2.75, 3.05) is 0 Å². The van der Waals surface area contributed by atoms with Gasteiger partial charge in [0, 0.05) is 5.69 Å². The molecular weight excluding hydrogens is 130 g/mol. The largest absolute Gasteiger partial charge is 0.409 e. The lowest BCUT2D eigenvalue weighted by Gasteiger charge is -1.90. The quantitative estimate of drug-likeness (QED) is 0.228. The summed E-state index contributed by atoms with van der Waals surface area (Å²) >= 11 is 0. The smallest absolute Gasteiger partial charge is 0.186 e. The molecule has 1 heterocycles. The van der Waals surface area contributed by atoms with E-state index >= 15 is 0 Å². The third-order valence-electron chi connectivity index (χ3n) is 1.22. The molecule has 0 unspecified atom stereocenters. The minimum atomic E-state index is 0.105. The highest BCUT2D eigenvalue weighted by atomic mass is 16.4. The number of amidine groups is 1. The summed E-state index contributed by atoms with van der Waals surface area (Å²) in [5.41, 5.74) is 6.90. The van der Waals surface area contributed by atoms with Crippen LogP contribution in [0.25, 0.3) is 0 Å². The van der Waals surface area contributed by atoms with E-state index in [0.717, 1.165) is 5.69 Å². The van der Waals surface area contributed by atoms with Gasteiger partial charge in [-0.05, 0) is 19.1 Å². The molecule has 0 radical (unpaired) electrons. The van der Waals surface area contributed by atoms with Crippen molar-refractivity contribution in [3.8, 4) is 0 Å². The number of aromatic nitrogens is 1. The van der Waals surface area contributed by atoms with Crippen LogP contribution in [0.5, 0.6) is 0 Å². The predicted molar refractivity (Wildman–Crippen MR) is 38.0 cm³/mol. The number of nitrogens with two attached hydrogens (primary N) is 1. The number of oxime groups is 1. The van der Waals surface area contributed by atoms with E-state index in [1.54, 1.807) is 6.07 Å². The zero-order valence-electron chi connectivity index (χ0n) is 5.63. The van der Waals surface area contributed by atoms with E-state index in [2.05, 4.69) is 10.1 Å². The second-order valence-corrected chi connectivity index (χ2v) is 2.04. The molecule has 0 fully saturated rings. The first-order chi connectivity index (χ1) is 4.74. The molecule has 0 aliphatic carbocycles. The zero-order valence-corrected chi connectivity index (χ0v) is 5.63. The summed E-state index contributed by atoms with van der Waals surface area (Å²) in [5.74, 6) is 0.105. The minimum Gasteiger partial charge on any atom is -0.409 e.